The van der Waals surface area contributed by atoms with Gasteiger partial charge < -0.3 is 4.74 Å². The highest BCUT2D eigenvalue weighted by Crippen LogP contribution is 2.21. The van der Waals surface area contributed by atoms with Crippen LogP contribution in [0.4, 0.5) is 0 Å². The van der Waals surface area contributed by atoms with E-state index in [1.807, 2.05) is 28.8 Å². The second-order valence-corrected chi connectivity index (χ2v) is 3.29. The van der Waals surface area contributed by atoms with Gasteiger partial charge in [0.25, 0.3) is 0 Å². The summed E-state index contributed by atoms with van der Waals surface area (Å²) in [5, 5.41) is 1.00. The molecule has 2 aromatic heterocycles. The van der Waals surface area contributed by atoms with E-state index in [4.69, 9.17) is 4.74 Å². The fraction of sp³-hybridized carbons (Fsp3) is 0.0909. The quantitative estimate of drug-likeness (QED) is 0.600. The van der Waals surface area contributed by atoms with E-state index in [2.05, 4.69) is 9.97 Å². The summed E-state index contributed by atoms with van der Waals surface area (Å²) in [5.74, 6) is 0.820. The van der Waals surface area contributed by atoms with E-state index in [0.29, 0.717) is 0 Å². The Morgan fingerprint density at radius 1 is 1.27 bits per heavy atom. The largest absolute Gasteiger partial charge is 0.497 e. The Morgan fingerprint density at radius 2 is 2.20 bits per heavy atom. The topological polar surface area (TPSA) is 39.4 Å². The molecule has 2 heterocycles. The first-order chi connectivity index (χ1) is 7.38. The Bertz CT molecular complexity index is 630. The van der Waals surface area contributed by atoms with E-state index >= 15 is 0 Å². The lowest BCUT2D eigenvalue weighted by atomic mass is 10.2. The zero-order chi connectivity index (χ0) is 10.3. The molecule has 0 saturated carbocycles. The molecule has 0 radical (unpaired) electrons. The maximum absolute atomic E-state index is 5.18. The highest BCUT2D eigenvalue weighted by molar-refractivity contribution is 5.92. The van der Waals surface area contributed by atoms with Crippen LogP contribution in [0, 0.1) is 0 Å². The van der Waals surface area contributed by atoms with Crippen LogP contribution in [0.5, 0.6) is 5.75 Å². The van der Waals surface area contributed by atoms with Gasteiger partial charge in [0.2, 0.25) is 0 Å². The molecule has 4 heteroatoms. The van der Waals surface area contributed by atoms with Crippen molar-refractivity contribution in [3.63, 3.8) is 0 Å². The Balaban J connectivity index is 2.48. The van der Waals surface area contributed by atoms with Crippen molar-refractivity contribution in [2.45, 2.75) is 0 Å². The van der Waals surface area contributed by atoms with E-state index in [0.717, 1.165) is 22.3 Å². The smallest absolute Gasteiger partial charge is 0.147 e. The molecule has 3 aromatic rings. The fourth-order valence-electron chi connectivity index (χ4n) is 1.67. The lowest BCUT2D eigenvalue weighted by Gasteiger charge is -2.02. The normalized spacial score (nSPS) is 11.0. The van der Waals surface area contributed by atoms with Gasteiger partial charge in [0.05, 0.1) is 12.6 Å². The van der Waals surface area contributed by atoms with Crippen molar-refractivity contribution in [3.05, 3.63) is 36.9 Å². The number of hydrogen-bond acceptors (Lipinski definition) is 3. The zero-order valence-corrected chi connectivity index (χ0v) is 8.21. The van der Waals surface area contributed by atoms with Crippen molar-refractivity contribution in [1.82, 2.24) is 14.4 Å². The molecule has 0 N–H and O–H groups in total. The summed E-state index contributed by atoms with van der Waals surface area (Å²) in [6, 6.07) is 5.78. The minimum Gasteiger partial charge on any atom is -0.497 e. The summed E-state index contributed by atoms with van der Waals surface area (Å²) in [7, 11) is 1.65. The number of rotatable bonds is 1. The number of aromatic nitrogens is 3. The predicted octanol–water partition coefficient (Wildman–Crippen LogP) is 1.89. The Morgan fingerprint density at radius 3 is 3.07 bits per heavy atom. The Hall–Kier alpha value is -2.10. The van der Waals surface area contributed by atoms with Crippen LogP contribution >= 0.6 is 0 Å². The number of imidazole rings is 1. The molecule has 0 aliphatic rings. The molecule has 0 spiro atoms. The van der Waals surface area contributed by atoms with Gasteiger partial charge >= 0.3 is 0 Å². The summed E-state index contributed by atoms with van der Waals surface area (Å²) < 4.78 is 7.07. The maximum atomic E-state index is 5.18. The van der Waals surface area contributed by atoms with Crippen LogP contribution in [0.25, 0.3) is 16.6 Å². The van der Waals surface area contributed by atoms with E-state index in [1.165, 1.54) is 0 Å². The number of nitrogens with zero attached hydrogens (tertiary/aromatic N) is 3. The number of methoxy groups -OCH3 is 1. The van der Waals surface area contributed by atoms with Gasteiger partial charge in [-0.2, -0.15) is 0 Å². The Labute approximate surface area is 86.1 Å². The van der Waals surface area contributed by atoms with E-state index < -0.39 is 0 Å². The van der Waals surface area contributed by atoms with Crippen LogP contribution in [0.1, 0.15) is 0 Å². The third kappa shape index (κ3) is 1.15. The fourth-order valence-corrected chi connectivity index (χ4v) is 1.67. The zero-order valence-electron chi connectivity index (χ0n) is 8.21. The number of fused-ring (bicyclic) bond motifs is 3. The molecule has 1 aromatic carbocycles. The summed E-state index contributed by atoms with van der Waals surface area (Å²) in [5.41, 5.74) is 1.83. The van der Waals surface area contributed by atoms with Crippen LogP contribution in [-0.4, -0.2) is 21.5 Å². The van der Waals surface area contributed by atoms with Crippen molar-refractivity contribution >= 4 is 16.6 Å². The van der Waals surface area contributed by atoms with Gasteiger partial charge in [-0.3, -0.25) is 4.40 Å². The number of benzene rings is 1. The van der Waals surface area contributed by atoms with Gasteiger partial charge in [0, 0.05) is 17.8 Å². The summed E-state index contributed by atoms with van der Waals surface area (Å²) in [6.07, 6.45) is 5.40. The molecule has 0 aliphatic heterocycles. The molecule has 0 atom stereocenters. The van der Waals surface area contributed by atoms with E-state index in [-0.39, 0.29) is 0 Å². The standard InChI is InChI=1S/C11H9N3O/c1-15-8-2-3-10-9(6-8)11-12-4-5-14(11)7-13-10/h2-7H,1H3. The van der Waals surface area contributed by atoms with Crippen molar-refractivity contribution in [2.75, 3.05) is 7.11 Å². The predicted molar refractivity (Wildman–Crippen MR) is 57.0 cm³/mol. The third-order valence-corrected chi connectivity index (χ3v) is 2.43. The Kier molecular flexibility index (Phi) is 1.62. The summed E-state index contributed by atoms with van der Waals surface area (Å²) in [6.45, 7) is 0. The van der Waals surface area contributed by atoms with Gasteiger partial charge in [-0.25, -0.2) is 9.97 Å². The van der Waals surface area contributed by atoms with Crippen molar-refractivity contribution in [3.8, 4) is 5.75 Å². The second kappa shape index (κ2) is 2.95. The van der Waals surface area contributed by atoms with Crippen LogP contribution < -0.4 is 4.74 Å². The molecule has 0 aliphatic carbocycles. The van der Waals surface area contributed by atoms with Gasteiger partial charge in [-0.05, 0) is 18.2 Å². The minimum atomic E-state index is 0.820. The van der Waals surface area contributed by atoms with Gasteiger partial charge in [-0.15, -0.1) is 0 Å². The van der Waals surface area contributed by atoms with Crippen LogP contribution in [0.3, 0.4) is 0 Å². The molecule has 0 saturated heterocycles. The highest BCUT2D eigenvalue weighted by atomic mass is 16.5. The molecule has 0 bridgehead atoms. The van der Waals surface area contributed by atoms with Crippen molar-refractivity contribution in [2.24, 2.45) is 0 Å². The molecule has 15 heavy (non-hydrogen) atoms. The van der Waals surface area contributed by atoms with Crippen LogP contribution in [-0.2, 0) is 0 Å². The number of ether oxygens (including phenoxy) is 1. The summed E-state index contributed by atoms with van der Waals surface area (Å²) in [4.78, 5) is 8.61. The molecular weight excluding hydrogens is 190 g/mol. The first-order valence-electron chi connectivity index (χ1n) is 4.64. The van der Waals surface area contributed by atoms with Crippen LogP contribution in [0.2, 0.25) is 0 Å². The molecule has 0 fully saturated rings. The molecule has 0 unspecified atom stereocenters. The van der Waals surface area contributed by atoms with Crippen molar-refractivity contribution < 1.29 is 4.74 Å². The van der Waals surface area contributed by atoms with Crippen LogP contribution in [0.15, 0.2) is 36.9 Å². The molecule has 4 nitrogen and oxygen atoms in total. The monoisotopic (exact) mass is 199 g/mol. The SMILES string of the molecule is COc1ccc2ncn3ccnc3c2c1. The second-order valence-electron chi connectivity index (χ2n) is 3.29. The molecule has 3 rings (SSSR count). The number of hydrogen-bond donors (Lipinski definition) is 0. The van der Waals surface area contributed by atoms with Gasteiger partial charge in [0.1, 0.15) is 17.7 Å². The van der Waals surface area contributed by atoms with E-state index in [9.17, 15) is 0 Å². The van der Waals surface area contributed by atoms with Crippen molar-refractivity contribution in [1.29, 1.82) is 0 Å². The highest BCUT2D eigenvalue weighted by Gasteiger charge is 2.03. The molecular formula is C11H9N3O. The van der Waals surface area contributed by atoms with E-state index in [1.54, 1.807) is 19.6 Å². The van der Waals surface area contributed by atoms with Gasteiger partial charge in [-0.1, -0.05) is 0 Å². The molecule has 0 amide bonds. The third-order valence-electron chi connectivity index (χ3n) is 2.43. The summed E-state index contributed by atoms with van der Waals surface area (Å²) >= 11 is 0. The average molecular weight is 199 g/mol. The lowest BCUT2D eigenvalue weighted by molar-refractivity contribution is 0.415. The first-order valence-corrected chi connectivity index (χ1v) is 4.64. The van der Waals surface area contributed by atoms with Gasteiger partial charge in [0.15, 0.2) is 0 Å². The minimum absolute atomic E-state index is 0.820. The maximum Gasteiger partial charge on any atom is 0.147 e. The molecule has 74 valence electrons. The average Bonchev–Trinajstić information content (AvgIpc) is 2.76. The lowest BCUT2D eigenvalue weighted by Crippen LogP contribution is -1.90. The first kappa shape index (κ1) is 8.23.